The molecule has 0 aliphatic rings. The predicted molar refractivity (Wildman–Crippen MR) is 103 cm³/mol. The van der Waals surface area contributed by atoms with Crippen LogP contribution in [0, 0.1) is 0 Å². The molecule has 3 N–H and O–H groups in total. The molecule has 0 atom stereocenters. The summed E-state index contributed by atoms with van der Waals surface area (Å²) in [5.74, 6) is -1.03. The molecule has 2 aromatic carbocycles. The average Bonchev–Trinajstić information content (AvgIpc) is 2.67. The number of primary amides is 1. The minimum absolute atomic E-state index is 0.0130. The van der Waals surface area contributed by atoms with Gasteiger partial charge < -0.3 is 15.8 Å². The van der Waals surface area contributed by atoms with Crippen molar-refractivity contribution in [2.24, 2.45) is 5.73 Å². The molecule has 11 heteroatoms. The van der Waals surface area contributed by atoms with Crippen molar-refractivity contribution in [3.05, 3.63) is 52.5 Å². The Hall–Kier alpha value is -2.66. The molecular weight excluding hydrogens is 410 g/mol. The van der Waals surface area contributed by atoms with E-state index in [1.165, 1.54) is 51.6 Å². The van der Waals surface area contributed by atoms with Crippen LogP contribution in [0.3, 0.4) is 0 Å². The number of hydrogen-bond donors (Lipinski definition) is 2. The number of amides is 2. The van der Waals surface area contributed by atoms with E-state index in [2.05, 4.69) is 5.32 Å². The Morgan fingerprint density at radius 3 is 2.32 bits per heavy atom. The minimum atomic E-state index is -4.07. The van der Waals surface area contributed by atoms with Crippen LogP contribution in [0.5, 0.6) is 5.75 Å². The molecule has 0 radical (unpaired) electrons. The molecule has 2 amide bonds. The number of anilines is 1. The summed E-state index contributed by atoms with van der Waals surface area (Å²) in [6.07, 6.45) is 0. The van der Waals surface area contributed by atoms with Crippen LogP contribution in [0.4, 0.5) is 5.69 Å². The molecule has 9 nitrogen and oxygen atoms in total. The van der Waals surface area contributed by atoms with Crippen LogP contribution in [0.15, 0.2) is 41.3 Å². The maximum Gasteiger partial charge on any atom is 0.266 e. The first kappa shape index (κ1) is 21.6. The smallest absolute Gasteiger partial charge is 0.266 e. The van der Waals surface area contributed by atoms with E-state index in [4.69, 9.17) is 26.9 Å². The van der Waals surface area contributed by atoms with E-state index in [0.29, 0.717) is 10.2 Å². The summed E-state index contributed by atoms with van der Waals surface area (Å²) in [6, 6.07) is 8.03. The van der Waals surface area contributed by atoms with Gasteiger partial charge in [-0.1, -0.05) is 16.1 Å². The van der Waals surface area contributed by atoms with E-state index in [1.807, 2.05) is 0 Å². The maximum atomic E-state index is 12.6. The summed E-state index contributed by atoms with van der Waals surface area (Å²) in [6.45, 7) is 0. The van der Waals surface area contributed by atoms with Gasteiger partial charge >= 0.3 is 0 Å². The van der Waals surface area contributed by atoms with Crippen LogP contribution in [-0.2, 0) is 14.9 Å². The third-order valence-electron chi connectivity index (χ3n) is 3.80. The molecule has 0 aliphatic heterocycles. The van der Waals surface area contributed by atoms with Gasteiger partial charge in [-0.3, -0.25) is 14.4 Å². The van der Waals surface area contributed by atoms with Gasteiger partial charge in [0.1, 0.15) is 10.6 Å². The SMILES string of the molecule is COc1ccc(C(N)=O)cc1NC(=O)c1ccc(Cl)c(S(=O)(=O)N(C)OC)c1. The number of nitrogens with two attached hydrogens (primary N) is 1. The molecule has 0 saturated carbocycles. The quantitative estimate of drug-likeness (QED) is 0.649. The summed E-state index contributed by atoms with van der Waals surface area (Å²) in [4.78, 5) is 28.4. The highest BCUT2D eigenvalue weighted by molar-refractivity contribution is 7.89. The van der Waals surface area contributed by atoms with Crippen LogP contribution in [0.2, 0.25) is 5.02 Å². The predicted octanol–water partition coefficient (Wildman–Crippen LogP) is 1.88. The number of nitrogens with one attached hydrogen (secondary N) is 1. The molecule has 28 heavy (non-hydrogen) atoms. The molecule has 0 heterocycles. The van der Waals surface area contributed by atoms with Gasteiger partial charge in [-0.2, -0.15) is 0 Å². The summed E-state index contributed by atoms with van der Waals surface area (Å²) in [5, 5.41) is 2.48. The van der Waals surface area contributed by atoms with Crippen molar-refractivity contribution in [2.75, 3.05) is 26.6 Å². The molecule has 0 saturated heterocycles. The fourth-order valence-electron chi connectivity index (χ4n) is 2.23. The number of rotatable bonds is 7. The molecule has 0 fully saturated rings. The Balaban J connectivity index is 2.43. The number of carbonyl (C=O) groups excluding carboxylic acids is 2. The van der Waals surface area contributed by atoms with E-state index in [9.17, 15) is 18.0 Å². The van der Waals surface area contributed by atoms with Gasteiger partial charge in [-0.25, -0.2) is 8.42 Å². The largest absolute Gasteiger partial charge is 0.495 e. The fraction of sp³-hybridized carbons (Fsp3) is 0.176. The summed E-state index contributed by atoms with van der Waals surface area (Å²) >= 11 is 5.99. The second-order valence-corrected chi connectivity index (χ2v) is 7.79. The van der Waals surface area contributed by atoms with Crippen molar-refractivity contribution in [1.82, 2.24) is 4.47 Å². The first-order valence-electron chi connectivity index (χ1n) is 7.73. The zero-order valence-corrected chi connectivity index (χ0v) is 16.8. The second kappa shape index (κ2) is 8.57. The molecule has 0 aliphatic carbocycles. The minimum Gasteiger partial charge on any atom is -0.495 e. The van der Waals surface area contributed by atoms with Crippen molar-refractivity contribution >= 4 is 39.1 Å². The standard InChI is InChI=1S/C17H18ClN3O6S/c1-21(27-3)28(24,25)15-9-11(4-6-12(15)18)17(23)20-13-8-10(16(19)22)5-7-14(13)26-2/h4-9H,1-3H3,(H2,19,22)(H,20,23). The Kier molecular flexibility index (Phi) is 6.62. The number of ether oxygens (including phenoxy) is 1. The van der Waals surface area contributed by atoms with E-state index in [-0.39, 0.29) is 26.7 Å². The third-order valence-corrected chi connectivity index (χ3v) is 5.96. The fourth-order valence-corrected chi connectivity index (χ4v) is 3.71. The Bertz CT molecular complexity index is 1030. The number of halogens is 1. The molecule has 0 unspecified atom stereocenters. The van der Waals surface area contributed by atoms with Crippen molar-refractivity contribution < 1.29 is 27.6 Å². The Morgan fingerprint density at radius 2 is 1.75 bits per heavy atom. The average molecular weight is 428 g/mol. The highest BCUT2D eigenvalue weighted by atomic mass is 35.5. The van der Waals surface area contributed by atoms with Crippen LogP contribution < -0.4 is 15.8 Å². The van der Waals surface area contributed by atoms with Crippen LogP contribution in [-0.4, -0.2) is 46.0 Å². The summed E-state index contributed by atoms with van der Waals surface area (Å²) < 4.78 is 30.7. The van der Waals surface area contributed by atoms with E-state index >= 15 is 0 Å². The monoisotopic (exact) mass is 427 g/mol. The summed E-state index contributed by atoms with van der Waals surface area (Å²) in [7, 11) is -0.301. The number of hydroxylamine groups is 1. The first-order valence-corrected chi connectivity index (χ1v) is 9.55. The number of benzene rings is 2. The van der Waals surface area contributed by atoms with Gasteiger partial charge in [-0.05, 0) is 36.4 Å². The normalized spacial score (nSPS) is 11.3. The molecule has 0 bridgehead atoms. The van der Waals surface area contributed by atoms with Crippen LogP contribution in [0.1, 0.15) is 20.7 Å². The van der Waals surface area contributed by atoms with Gasteiger partial charge in [0, 0.05) is 18.2 Å². The Labute approximate surface area is 167 Å². The number of nitrogens with zero attached hydrogens (tertiary/aromatic N) is 1. The molecule has 2 rings (SSSR count). The zero-order chi connectivity index (χ0) is 21.1. The third kappa shape index (κ3) is 4.42. The topological polar surface area (TPSA) is 128 Å². The number of carbonyl (C=O) groups is 2. The molecular formula is C17H18ClN3O6S. The van der Waals surface area contributed by atoms with Gasteiger partial charge in [0.15, 0.2) is 0 Å². The summed E-state index contributed by atoms with van der Waals surface area (Å²) in [5.41, 5.74) is 5.62. The second-order valence-electron chi connectivity index (χ2n) is 5.48. The number of hydrogen-bond acceptors (Lipinski definition) is 6. The van der Waals surface area contributed by atoms with Gasteiger partial charge in [-0.15, -0.1) is 0 Å². The van der Waals surface area contributed by atoms with E-state index in [1.54, 1.807) is 0 Å². The lowest BCUT2D eigenvalue weighted by Gasteiger charge is -2.16. The van der Waals surface area contributed by atoms with Crippen molar-refractivity contribution in [3.63, 3.8) is 0 Å². The molecule has 0 aromatic heterocycles. The lowest BCUT2D eigenvalue weighted by molar-refractivity contribution is -0.0258. The van der Waals surface area contributed by atoms with Crippen LogP contribution >= 0.6 is 11.6 Å². The maximum absolute atomic E-state index is 12.6. The zero-order valence-electron chi connectivity index (χ0n) is 15.2. The van der Waals surface area contributed by atoms with Gasteiger partial charge in [0.05, 0.1) is 24.9 Å². The molecule has 2 aromatic rings. The van der Waals surface area contributed by atoms with Crippen LogP contribution in [0.25, 0.3) is 0 Å². The number of methoxy groups -OCH3 is 1. The van der Waals surface area contributed by atoms with Gasteiger partial charge in [0.25, 0.3) is 15.9 Å². The lowest BCUT2D eigenvalue weighted by Crippen LogP contribution is -2.26. The van der Waals surface area contributed by atoms with Crippen molar-refractivity contribution in [3.8, 4) is 5.75 Å². The highest BCUT2D eigenvalue weighted by Crippen LogP contribution is 2.28. The van der Waals surface area contributed by atoms with Gasteiger partial charge in [0.2, 0.25) is 5.91 Å². The first-order chi connectivity index (χ1) is 13.1. The highest BCUT2D eigenvalue weighted by Gasteiger charge is 2.25. The van der Waals surface area contributed by atoms with E-state index in [0.717, 1.165) is 6.07 Å². The number of sulfonamides is 1. The molecule has 0 spiro atoms. The van der Waals surface area contributed by atoms with Crippen molar-refractivity contribution in [1.29, 1.82) is 0 Å². The molecule has 150 valence electrons. The van der Waals surface area contributed by atoms with E-state index < -0.39 is 21.8 Å². The lowest BCUT2D eigenvalue weighted by atomic mass is 10.1. The van der Waals surface area contributed by atoms with Crippen molar-refractivity contribution in [2.45, 2.75) is 4.90 Å². The Morgan fingerprint density at radius 1 is 1.11 bits per heavy atom.